The average molecular weight is 475 g/mol. The van der Waals surface area contributed by atoms with Gasteiger partial charge in [-0.3, -0.25) is 4.79 Å². The Labute approximate surface area is 197 Å². The molecule has 0 spiro atoms. The number of carbonyl (C=O) groups excluding carboxylic acids is 1. The van der Waals surface area contributed by atoms with E-state index in [0.29, 0.717) is 11.5 Å². The topological polar surface area (TPSA) is 126 Å². The second-order valence-electron chi connectivity index (χ2n) is 8.52. The number of aliphatic carboxylic acids is 1. The minimum absolute atomic E-state index is 0.122. The van der Waals surface area contributed by atoms with Gasteiger partial charge in [-0.05, 0) is 50.1 Å². The van der Waals surface area contributed by atoms with E-state index in [4.69, 9.17) is 28.1 Å². The molecule has 7 atom stereocenters. The van der Waals surface area contributed by atoms with Crippen molar-refractivity contribution in [2.24, 2.45) is 0 Å². The van der Waals surface area contributed by atoms with Crippen molar-refractivity contribution < 1.29 is 42.8 Å². The van der Waals surface area contributed by atoms with Crippen LogP contribution in [0.5, 0.6) is 5.75 Å². The quantitative estimate of drug-likeness (QED) is 0.621. The minimum atomic E-state index is -1.17. The van der Waals surface area contributed by atoms with Crippen LogP contribution in [0.1, 0.15) is 37.0 Å². The number of amides is 1. The van der Waals surface area contributed by atoms with Gasteiger partial charge < -0.3 is 38.5 Å². The van der Waals surface area contributed by atoms with E-state index < -0.39 is 49.0 Å². The maximum atomic E-state index is 12.1. The molecule has 0 bridgehead atoms. The summed E-state index contributed by atoms with van der Waals surface area (Å²) in [6, 6.07) is 8.30. The molecule has 2 aromatic rings. The predicted octanol–water partition coefficient (Wildman–Crippen LogP) is 2.48. The zero-order valence-electron chi connectivity index (χ0n) is 19.4. The monoisotopic (exact) mass is 475 g/mol. The Hall–Kier alpha value is -2.92. The van der Waals surface area contributed by atoms with E-state index in [-0.39, 0.29) is 12.5 Å². The molecule has 2 aliphatic rings. The molecule has 2 aliphatic heterocycles. The Balaban J connectivity index is 1.66. The van der Waals surface area contributed by atoms with Gasteiger partial charge in [0, 0.05) is 6.92 Å². The third-order valence-electron chi connectivity index (χ3n) is 5.78. The van der Waals surface area contributed by atoms with E-state index in [0.717, 1.165) is 11.1 Å². The Morgan fingerprint density at radius 1 is 1.21 bits per heavy atom. The molecule has 10 heteroatoms. The van der Waals surface area contributed by atoms with Gasteiger partial charge in [0.25, 0.3) is 0 Å². The summed E-state index contributed by atoms with van der Waals surface area (Å²) >= 11 is 0. The molecule has 3 heterocycles. The molecule has 0 saturated carbocycles. The summed E-state index contributed by atoms with van der Waals surface area (Å²) in [7, 11) is 0. The predicted molar refractivity (Wildman–Crippen MR) is 117 cm³/mol. The lowest BCUT2D eigenvalue weighted by Crippen LogP contribution is -2.68. The van der Waals surface area contributed by atoms with Crippen LogP contribution in [-0.2, 0) is 28.5 Å². The molecule has 2 N–H and O–H groups in total. The molecule has 34 heavy (non-hydrogen) atoms. The fourth-order valence-corrected chi connectivity index (χ4v) is 4.04. The van der Waals surface area contributed by atoms with Crippen molar-refractivity contribution >= 4 is 11.9 Å². The van der Waals surface area contributed by atoms with Gasteiger partial charge in [0.2, 0.25) is 18.5 Å². The molecule has 10 nitrogen and oxygen atoms in total. The number of hydrogen-bond donors (Lipinski definition) is 2. The summed E-state index contributed by atoms with van der Waals surface area (Å²) in [5, 5.41) is 12.3. The van der Waals surface area contributed by atoms with Crippen LogP contribution in [0.25, 0.3) is 0 Å². The van der Waals surface area contributed by atoms with Gasteiger partial charge in [0.05, 0.1) is 12.9 Å². The largest absolute Gasteiger partial charge is 0.479 e. The summed E-state index contributed by atoms with van der Waals surface area (Å²) in [6.07, 6.45) is -3.80. The van der Waals surface area contributed by atoms with Crippen molar-refractivity contribution in [1.82, 2.24) is 5.32 Å². The number of carboxylic acid groups (broad SMARTS) is 1. The highest BCUT2D eigenvalue weighted by molar-refractivity contribution is 5.73. The molecule has 2 fully saturated rings. The van der Waals surface area contributed by atoms with Crippen LogP contribution in [0.3, 0.4) is 0 Å². The standard InChI is InChI=1S/C24H29NO9/c1-12-7-8-13(2)17(10-12)32-24-19(25-15(4)26)21(31-14(3)22(27)28)20-18(33-24)11-30-23(34-20)16-6-5-9-29-16/h5-10,14,18-21,23-24H,11H2,1-4H3,(H,25,26)(H,27,28). The first-order valence-corrected chi connectivity index (χ1v) is 11.1. The number of aryl methyl sites for hydroxylation is 2. The van der Waals surface area contributed by atoms with E-state index in [1.807, 2.05) is 32.0 Å². The molecule has 2 saturated heterocycles. The van der Waals surface area contributed by atoms with Crippen LogP contribution in [-0.4, -0.2) is 60.3 Å². The molecule has 0 aliphatic carbocycles. The maximum Gasteiger partial charge on any atom is 0.332 e. The lowest BCUT2D eigenvalue weighted by atomic mass is 9.95. The lowest BCUT2D eigenvalue weighted by Gasteiger charge is -2.49. The Bertz CT molecular complexity index is 1010. The summed E-state index contributed by atoms with van der Waals surface area (Å²) < 4.78 is 35.7. The number of carboxylic acids is 1. The third kappa shape index (κ3) is 5.25. The second kappa shape index (κ2) is 10.1. The van der Waals surface area contributed by atoms with E-state index in [1.165, 1.54) is 20.1 Å². The van der Waals surface area contributed by atoms with Crippen molar-refractivity contribution in [2.45, 2.75) is 70.7 Å². The Morgan fingerprint density at radius 2 is 2.00 bits per heavy atom. The van der Waals surface area contributed by atoms with E-state index in [2.05, 4.69) is 5.32 Å². The number of hydrogen-bond acceptors (Lipinski definition) is 8. The number of rotatable bonds is 7. The first-order valence-electron chi connectivity index (χ1n) is 11.1. The fraction of sp³-hybridized carbons (Fsp3) is 0.500. The third-order valence-corrected chi connectivity index (χ3v) is 5.78. The van der Waals surface area contributed by atoms with Gasteiger partial charge in [0.1, 0.15) is 30.1 Å². The van der Waals surface area contributed by atoms with Gasteiger partial charge in [0.15, 0.2) is 11.9 Å². The molecule has 1 aromatic carbocycles. The van der Waals surface area contributed by atoms with Gasteiger partial charge in [-0.1, -0.05) is 12.1 Å². The molecule has 0 radical (unpaired) electrons. The first kappa shape index (κ1) is 24.2. The minimum Gasteiger partial charge on any atom is -0.479 e. The highest BCUT2D eigenvalue weighted by atomic mass is 16.8. The zero-order valence-corrected chi connectivity index (χ0v) is 19.4. The summed E-state index contributed by atoms with van der Waals surface area (Å²) in [5.41, 5.74) is 1.87. The average Bonchev–Trinajstić information content (AvgIpc) is 3.32. The van der Waals surface area contributed by atoms with Gasteiger partial charge in [-0.15, -0.1) is 0 Å². The van der Waals surface area contributed by atoms with Crippen molar-refractivity contribution in [2.75, 3.05) is 6.61 Å². The van der Waals surface area contributed by atoms with Crippen molar-refractivity contribution in [1.29, 1.82) is 0 Å². The van der Waals surface area contributed by atoms with E-state index in [1.54, 1.807) is 12.1 Å². The molecular weight excluding hydrogens is 446 g/mol. The number of fused-ring (bicyclic) bond motifs is 1. The number of furan rings is 1. The zero-order chi connectivity index (χ0) is 24.4. The van der Waals surface area contributed by atoms with Crippen molar-refractivity contribution in [3.63, 3.8) is 0 Å². The molecular formula is C24H29NO9. The van der Waals surface area contributed by atoms with E-state index in [9.17, 15) is 14.7 Å². The van der Waals surface area contributed by atoms with Gasteiger partial charge >= 0.3 is 5.97 Å². The van der Waals surface area contributed by atoms with Crippen LogP contribution in [0.15, 0.2) is 41.0 Å². The SMILES string of the molecule is CC(=O)NC1C(Oc2cc(C)ccc2C)OC2COC(c3ccco3)OC2C1OC(C)C(=O)O. The number of benzene rings is 1. The van der Waals surface area contributed by atoms with Gasteiger partial charge in [-0.2, -0.15) is 0 Å². The summed E-state index contributed by atoms with van der Waals surface area (Å²) in [5.74, 6) is -0.470. The second-order valence-corrected chi connectivity index (χ2v) is 8.52. The summed E-state index contributed by atoms with van der Waals surface area (Å²) in [6.45, 7) is 6.73. The normalized spacial score (nSPS) is 29.6. The number of ether oxygens (including phenoxy) is 5. The molecule has 184 valence electrons. The van der Waals surface area contributed by atoms with E-state index >= 15 is 0 Å². The van der Waals surface area contributed by atoms with Crippen molar-refractivity contribution in [3.8, 4) is 5.75 Å². The lowest BCUT2D eigenvalue weighted by molar-refractivity contribution is -0.343. The first-order chi connectivity index (χ1) is 16.2. The highest BCUT2D eigenvalue weighted by Crippen LogP contribution is 2.37. The maximum absolute atomic E-state index is 12.1. The number of carbonyl (C=O) groups is 2. The molecule has 1 amide bonds. The summed E-state index contributed by atoms with van der Waals surface area (Å²) in [4.78, 5) is 23.7. The number of nitrogens with one attached hydrogen (secondary N) is 1. The van der Waals surface area contributed by atoms with Crippen LogP contribution in [0, 0.1) is 13.8 Å². The van der Waals surface area contributed by atoms with Crippen LogP contribution in [0.4, 0.5) is 0 Å². The van der Waals surface area contributed by atoms with Crippen LogP contribution >= 0.6 is 0 Å². The Morgan fingerprint density at radius 3 is 2.68 bits per heavy atom. The fourth-order valence-electron chi connectivity index (χ4n) is 4.04. The van der Waals surface area contributed by atoms with Crippen LogP contribution < -0.4 is 10.1 Å². The molecule has 1 aromatic heterocycles. The Kier molecular flexibility index (Phi) is 7.22. The van der Waals surface area contributed by atoms with Crippen LogP contribution in [0.2, 0.25) is 0 Å². The van der Waals surface area contributed by atoms with Gasteiger partial charge in [-0.25, -0.2) is 4.79 Å². The molecule has 4 rings (SSSR count). The molecule has 7 unspecified atom stereocenters. The smallest absolute Gasteiger partial charge is 0.332 e. The highest BCUT2D eigenvalue weighted by Gasteiger charge is 2.53. The van der Waals surface area contributed by atoms with Crippen molar-refractivity contribution in [3.05, 3.63) is 53.5 Å².